The highest BCUT2D eigenvalue weighted by Gasteiger charge is 2.28. The number of aromatic nitrogens is 2. The van der Waals surface area contributed by atoms with Gasteiger partial charge in [0.15, 0.2) is 0 Å². The quantitative estimate of drug-likeness (QED) is 0.828. The standard InChI is InChI=1S/C18H20FN3O2/c1-12-13(10-20-17-8-3-2-7-16(17)18(23)24)11-22(21-12)15-6-4-5-14(19)9-15/h2-6,9,11,16-17,20H,7-8,10H2,1H3,(H,23,24)/t16-,17+/m0/s1. The molecule has 0 fully saturated rings. The van der Waals surface area contributed by atoms with E-state index in [1.165, 1.54) is 12.1 Å². The first-order valence-corrected chi connectivity index (χ1v) is 7.97. The molecule has 0 radical (unpaired) electrons. The van der Waals surface area contributed by atoms with E-state index in [0.717, 1.165) is 11.3 Å². The van der Waals surface area contributed by atoms with E-state index in [0.29, 0.717) is 25.1 Å². The molecule has 2 aromatic rings. The molecule has 1 aliphatic rings. The summed E-state index contributed by atoms with van der Waals surface area (Å²) in [5, 5.41) is 17.1. The van der Waals surface area contributed by atoms with Crippen LogP contribution in [0.15, 0.2) is 42.6 Å². The van der Waals surface area contributed by atoms with Crippen molar-refractivity contribution in [3.05, 3.63) is 59.7 Å². The van der Waals surface area contributed by atoms with Crippen molar-refractivity contribution in [1.29, 1.82) is 0 Å². The number of carbonyl (C=O) groups is 1. The fourth-order valence-electron chi connectivity index (χ4n) is 2.97. The zero-order valence-corrected chi connectivity index (χ0v) is 13.4. The Morgan fingerprint density at radius 3 is 2.96 bits per heavy atom. The Hall–Kier alpha value is -2.47. The Bertz CT molecular complexity index is 769. The SMILES string of the molecule is Cc1nn(-c2cccc(F)c2)cc1CN[C@@H]1CC=CC[C@@H]1C(=O)O. The second-order valence-electron chi connectivity index (χ2n) is 6.04. The number of aliphatic carboxylic acids is 1. The fourth-order valence-corrected chi connectivity index (χ4v) is 2.97. The van der Waals surface area contributed by atoms with Crippen LogP contribution in [0.1, 0.15) is 24.1 Å². The summed E-state index contributed by atoms with van der Waals surface area (Å²) in [6.45, 7) is 2.42. The maximum absolute atomic E-state index is 13.4. The Labute approximate surface area is 139 Å². The van der Waals surface area contributed by atoms with Crippen LogP contribution < -0.4 is 5.32 Å². The first-order chi connectivity index (χ1) is 11.5. The third kappa shape index (κ3) is 3.54. The van der Waals surface area contributed by atoms with Gasteiger partial charge in [0.05, 0.1) is 17.3 Å². The number of nitrogens with zero attached hydrogens (tertiary/aromatic N) is 2. The molecule has 0 spiro atoms. The average Bonchev–Trinajstić information content (AvgIpc) is 2.94. The van der Waals surface area contributed by atoms with E-state index < -0.39 is 11.9 Å². The number of aryl methyl sites for hydroxylation is 1. The van der Waals surface area contributed by atoms with Crippen LogP contribution in [0.4, 0.5) is 4.39 Å². The molecule has 1 aliphatic carbocycles. The van der Waals surface area contributed by atoms with Crippen LogP contribution in [0.5, 0.6) is 0 Å². The number of carboxylic acids is 1. The van der Waals surface area contributed by atoms with Gasteiger partial charge in [0.1, 0.15) is 5.82 Å². The molecular formula is C18H20FN3O2. The summed E-state index contributed by atoms with van der Waals surface area (Å²) in [5.74, 6) is -1.49. The highest BCUT2D eigenvalue weighted by Crippen LogP contribution is 2.20. The van der Waals surface area contributed by atoms with Gasteiger partial charge in [0, 0.05) is 24.3 Å². The minimum absolute atomic E-state index is 0.0931. The fraction of sp³-hybridized carbons (Fsp3) is 0.333. The maximum atomic E-state index is 13.4. The largest absolute Gasteiger partial charge is 0.481 e. The monoisotopic (exact) mass is 329 g/mol. The van der Waals surface area contributed by atoms with Crippen molar-refractivity contribution in [2.45, 2.75) is 32.4 Å². The van der Waals surface area contributed by atoms with Gasteiger partial charge in [-0.3, -0.25) is 4.79 Å². The van der Waals surface area contributed by atoms with Crippen molar-refractivity contribution >= 4 is 5.97 Å². The summed E-state index contributed by atoms with van der Waals surface area (Å²) < 4.78 is 15.0. The third-order valence-electron chi connectivity index (χ3n) is 4.38. The van der Waals surface area contributed by atoms with Crippen molar-refractivity contribution in [1.82, 2.24) is 15.1 Å². The summed E-state index contributed by atoms with van der Waals surface area (Å²) >= 11 is 0. The summed E-state index contributed by atoms with van der Waals surface area (Å²) in [7, 11) is 0. The molecule has 126 valence electrons. The van der Waals surface area contributed by atoms with E-state index in [-0.39, 0.29) is 11.9 Å². The molecule has 3 rings (SSSR count). The normalized spacial score (nSPS) is 20.2. The van der Waals surface area contributed by atoms with E-state index >= 15 is 0 Å². The van der Waals surface area contributed by atoms with Crippen LogP contribution in [0.3, 0.4) is 0 Å². The molecule has 0 aliphatic heterocycles. The van der Waals surface area contributed by atoms with E-state index in [4.69, 9.17) is 0 Å². The molecule has 0 amide bonds. The van der Waals surface area contributed by atoms with Crippen molar-refractivity contribution < 1.29 is 14.3 Å². The van der Waals surface area contributed by atoms with Gasteiger partial charge in [-0.25, -0.2) is 9.07 Å². The van der Waals surface area contributed by atoms with Gasteiger partial charge in [0.25, 0.3) is 0 Å². The van der Waals surface area contributed by atoms with Crippen LogP contribution in [-0.4, -0.2) is 26.9 Å². The summed E-state index contributed by atoms with van der Waals surface area (Å²) in [6, 6.07) is 6.16. The highest BCUT2D eigenvalue weighted by atomic mass is 19.1. The lowest BCUT2D eigenvalue weighted by Crippen LogP contribution is -2.40. The molecular weight excluding hydrogens is 309 g/mol. The molecule has 0 saturated carbocycles. The number of hydrogen-bond acceptors (Lipinski definition) is 3. The van der Waals surface area contributed by atoms with E-state index in [1.54, 1.807) is 16.8 Å². The molecule has 1 aromatic carbocycles. The summed E-state index contributed by atoms with van der Waals surface area (Å²) in [5.41, 5.74) is 2.47. The molecule has 1 heterocycles. The van der Waals surface area contributed by atoms with Gasteiger partial charge in [0.2, 0.25) is 0 Å². The maximum Gasteiger partial charge on any atom is 0.308 e. The summed E-state index contributed by atoms with van der Waals surface area (Å²) in [6.07, 6.45) is 7.04. The molecule has 6 heteroatoms. The minimum Gasteiger partial charge on any atom is -0.481 e. The van der Waals surface area contributed by atoms with Crippen LogP contribution in [0.25, 0.3) is 5.69 Å². The van der Waals surface area contributed by atoms with Crippen molar-refractivity contribution in [3.63, 3.8) is 0 Å². The number of rotatable bonds is 5. The molecule has 0 bridgehead atoms. The number of allylic oxidation sites excluding steroid dienone is 1. The van der Waals surface area contributed by atoms with Gasteiger partial charge >= 0.3 is 5.97 Å². The number of benzene rings is 1. The predicted molar refractivity (Wildman–Crippen MR) is 88.4 cm³/mol. The van der Waals surface area contributed by atoms with E-state index in [9.17, 15) is 14.3 Å². The van der Waals surface area contributed by atoms with Crippen LogP contribution in [0, 0.1) is 18.7 Å². The second kappa shape index (κ2) is 6.97. The molecule has 5 nitrogen and oxygen atoms in total. The lowest BCUT2D eigenvalue weighted by molar-refractivity contribution is -0.142. The number of halogens is 1. The van der Waals surface area contributed by atoms with E-state index in [2.05, 4.69) is 10.4 Å². The van der Waals surface area contributed by atoms with Crippen LogP contribution >= 0.6 is 0 Å². The zero-order chi connectivity index (χ0) is 17.1. The van der Waals surface area contributed by atoms with Crippen molar-refractivity contribution in [2.24, 2.45) is 5.92 Å². The number of carboxylic acid groups (broad SMARTS) is 1. The first-order valence-electron chi connectivity index (χ1n) is 7.97. The summed E-state index contributed by atoms with van der Waals surface area (Å²) in [4.78, 5) is 11.3. The topological polar surface area (TPSA) is 67.2 Å². The third-order valence-corrected chi connectivity index (χ3v) is 4.38. The molecule has 24 heavy (non-hydrogen) atoms. The molecule has 0 unspecified atom stereocenters. The smallest absolute Gasteiger partial charge is 0.308 e. The minimum atomic E-state index is -0.774. The number of hydrogen-bond donors (Lipinski definition) is 2. The van der Waals surface area contributed by atoms with Crippen LogP contribution in [0.2, 0.25) is 0 Å². The van der Waals surface area contributed by atoms with E-state index in [1.807, 2.05) is 25.3 Å². The number of nitrogens with one attached hydrogen (secondary N) is 1. The Kier molecular flexibility index (Phi) is 4.76. The van der Waals surface area contributed by atoms with Gasteiger partial charge in [-0.1, -0.05) is 18.2 Å². The lowest BCUT2D eigenvalue weighted by atomic mass is 9.89. The van der Waals surface area contributed by atoms with Crippen molar-refractivity contribution in [3.8, 4) is 5.69 Å². The van der Waals surface area contributed by atoms with Crippen molar-refractivity contribution in [2.75, 3.05) is 0 Å². The van der Waals surface area contributed by atoms with Gasteiger partial charge < -0.3 is 10.4 Å². The predicted octanol–water partition coefficient (Wildman–Crippen LogP) is 2.83. The van der Waals surface area contributed by atoms with Gasteiger partial charge in [-0.2, -0.15) is 5.10 Å². The Balaban J connectivity index is 1.72. The lowest BCUT2D eigenvalue weighted by Gasteiger charge is -2.26. The molecule has 0 saturated heterocycles. The molecule has 2 atom stereocenters. The zero-order valence-electron chi connectivity index (χ0n) is 13.4. The second-order valence-corrected chi connectivity index (χ2v) is 6.04. The Morgan fingerprint density at radius 1 is 1.42 bits per heavy atom. The van der Waals surface area contributed by atoms with Crippen LogP contribution in [-0.2, 0) is 11.3 Å². The Morgan fingerprint density at radius 2 is 2.21 bits per heavy atom. The highest BCUT2D eigenvalue weighted by molar-refractivity contribution is 5.71. The molecule has 1 aromatic heterocycles. The molecule has 2 N–H and O–H groups in total. The van der Waals surface area contributed by atoms with Gasteiger partial charge in [-0.15, -0.1) is 0 Å². The average molecular weight is 329 g/mol. The first kappa shape index (κ1) is 16.4. The van der Waals surface area contributed by atoms with Gasteiger partial charge in [-0.05, 0) is 38.0 Å².